The van der Waals surface area contributed by atoms with Crippen molar-refractivity contribution in [1.29, 1.82) is 0 Å². The van der Waals surface area contributed by atoms with Gasteiger partial charge in [-0.3, -0.25) is 9.59 Å². The Balaban J connectivity index is 1.39. The van der Waals surface area contributed by atoms with Crippen molar-refractivity contribution in [2.24, 2.45) is 0 Å². The highest BCUT2D eigenvalue weighted by molar-refractivity contribution is 6.30. The van der Waals surface area contributed by atoms with Gasteiger partial charge in [0.2, 0.25) is 0 Å². The van der Waals surface area contributed by atoms with Crippen LogP contribution in [0.3, 0.4) is 0 Å². The van der Waals surface area contributed by atoms with E-state index in [0.29, 0.717) is 43.4 Å². The van der Waals surface area contributed by atoms with Gasteiger partial charge in [-0.15, -0.1) is 5.10 Å². The third kappa shape index (κ3) is 6.41. The Bertz CT molecular complexity index is 1360. The fourth-order valence-electron chi connectivity index (χ4n) is 5.64. The average Bonchev–Trinajstić information content (AvgIpc) is 3.38. The average molecular weight is 580 g/mol. The zero-order chi connectivity index (χ0) is 28.8. The minimum atomic E-state index is -1.11. The SMILES string of the molecule is CCCCN1CCOc2ccccc2CCCCC2(CN(C(=O)c3nnn(-c4ccc(Cl)cc4)c3C)CCO2)C1=O. The van der Waals surface area contributed by atoms with Crippen molar-refractivity contribution in [3.8, 4) is 11.4 Å². The molecule has 5 rings (SSSR count). The molecule has 0 bridgehead atoms. The molecule has 3 aromatic rings. The van der Waals surface area contributed by atoms with Crippen molar-refractivity contribution < 1.29 is 19.1 Å². The minimum Gasteiger partial charge on any atom is -0.491 e. The summed E-state index contributed by atoms with van der Waals surface area (Å²) in [5.41, 5.74) is 1.73. The molecule has 1 unspecified atom stereocenters. The second-order valence-corrected chi connectivity index (χ2v) is 11.2. The van der Waals surface area contributed by atoms with Gasteiger partial charge in [-0.05, 0) is 74.9 Å². The van der Waals surface area contributed by atoms with Gasteiger partial charge in [0.15, 0.2) is 11.3 Å². The van der Waals surface area contributed by atoms with E-state index < -0.39 is 5.60 Å². The van der Waals surface area contributed by atoms with Gasteiger partial charge in [-0.2, -0.15) is 0 Å². The maximum absolute atomic E-state index is 14.2. The third-order valence-electron chi connectivity index (χ3n) is 7.97. The van der Waals surface area contributed by atoms with Crippen molar-refractivity contribution in [1.82, 2.24) is 24.8 Å². The highest BCUT2D eigenvalue weighted by Crippen LogP contribution is 2.30. The minimum absolute atomic E-state index is 0.0672. The second kappa shape index (κ2) is 13.0. The predicted octanol–water partition coefficient (Wildman–Crippen LogP) is 4.87. The number of carbonyl (C=O) groups excluding carboxylic acids is 2. The van der Waals surface area contributed by atoms with Crippen LogP contribution in [0.15, 0.2) is 48.5 Å². The van der Waals surface area contributed by atoms with Crippen LogP contribution >= 0.6 is 11.6 Å². The number of fused-ring (bicyclic) bond motifs is 1. The maximum atomic E-state index is 14.2. The summed E-state index contributed by atoms with van der Waals surface area (Å²) in [7, 11) is 0. The van der Waals surface area contributed by atoms with E-state index >= 15 is 0 Å². The number of halogens is 1. The molecule has 2 aliphatic heterocycles. The summed E-state index contributed by atoms with van der Waals surface area (Å²) in [5.74, 6) is 0.572. The van der Waals surface area contributed by atoms with E-state index in [1.807, 2.05) is 42.2 Å². The van der Waals surface area contributed by atoms with Crippen molar-refractivity contribution in [2.45, 2.75) is 58.0 Å². The lowest BCUT2D eigenvalue weighted by Crippen LogP contribution is -2.62. The van der Waals surface area contributed by atoms with Crippen molar-refractivity contribution in [2.75, 3.05) is 39.4 Å². The van der Waals surface area contributed by atoms with Gasteiger partial charge in [0.05, 0.1) is 31.1 Å². The van der Waals surface area contributed by atoms with E-state index in [1.54, 1.807) is 21.7 Å². The molecule has 0 aliphatic carbocycles. The van der Waals surface area contributed by atoms with Gasteiger partial charge in [-0.25, -0.2) is 4.68 Å². The lowest BCUT2D eigenvalue weighted by atomic mass is 9.90. The molecule has 1 spiro atoms. The first kappa shape index (κ1) is 29.1. The van der Waals surface area contributed by atoms with Gasteiger partial charge in [0.25, 0.3) is 11.8 Å². The fraction of sp³-hybridized carbons (Fsp3) is 0.484. The number of aryl methyl sites for hydroxylation is 1. The Morgan fingerprint density at radius 3 is 2.68 bits per heavy atom. The first-order valence-electron chi connectivity index (χ1n) is 14.5. The van der Waals surface area contributed by atoms with Crippen LogP contribution in [0.4, 0.5) is 0 Å². The second-order valence-electron chi connectivity index (χ2n) is 10.8. The molecule has 0 saturated carbocycles. The van der Waals surface area contributed by atoms with E-state index in [1.165, 1.54) is 5.56 Å². The number of amides is 2. The van der Waals surface area contributed by atoms with Crippen LogP contribution in [0.2, 0.25) is 5.02 Å². The Kier molecular flexibility index (Phi) is 9.25. The monoisotopic (exact) mass is 579 g/mol. The van der Waals surface area contributed by atoms with E-state index in [-0.39, 0.29) is 30.7 Å². The zero-order valence-corrected chi connectivity index (χ0v) is 24.6. The van der Waals surface area contributed by atoms with E-state index in [2.05, 4.69) is 23.3 Å². The number of rotatable bonds is 5. The Morgan fingerprint density at radius 1 is 1.07 bits per heavy atom. The van der Waals surface area contributed by atoms with Crippen LogP contribution in [-0.2, 0) is 16.0 Å². The van der Waals surface area contributed by atoms with Crippen LogP contribution in [0.25, 0.3) is 5.69 Å². The highest BCUT2D eigenvalue weighted by atomic mass is 35.5. The molecule has 9 nitrogen and oxygen atoms in total. The van der Waals surface area contributed by atoms with Gasteiger partial charge < -0.3 is 19.3 Å². The molecule has 0 radical (unpaired) electrons. The molecule has 0 N–H and O–H groups in total. The van der Waals surface area contributed by atoms with E-state index in [4.69, 9.17) is 21.1 Å². The number of unbranched alkanes of at least 4 members (excludes halogenated alkanes) is 1. The standard InChI is InChI=1S/C31H38ClN5O4/c1-3-4-17-35-18-20-40-27-11-6-5-9-24(27)10-7-8-16-31(30(35)39)22-36(19-21-41-31)29(38)28-23(2)37(34-33-28)26-14-12-25(32)13-15-26/h5-6,9,11-15H,3-4,7-8,10,16-22H2,1-2H3. The molecule has 41 heavy (non-hydrogen) atoms. The van der Waals surface area contributed by atoms with Crippen molar-refractivity contribution in [3.05, 3.63) is 70.5 Å². The Hall–Kier alpha value is -3.43. The molecule has 10 heteroatoms. The lowest BCUT2D eigenvalue weighted by molar-refractivity contribution is -0.170. The highest BCUT2D eigenvalue weighted by Gasteiger charge is 2.47. The molecule has 3 heterocycles. The summed E-state index contributed by atoms with van der Waals surface area (Å²) in [6, 6.07) is 15.3. The molecule has 2 amide bonds. The van der Waals surface area contributed by atoms with Crippen LogP contribution in [0.5, 0.6) is 5.75 Å². The van der Waals surface area contributed by atoms with Gasteiger partial charge >= 0.3 is 0 Å². The number of aromatic nitrogens is 3. The molecule has 1 fully saturated rings. The Labute approximate surface area is 246 Å². The molecule has 218 valence electrons. The van der Waals surface area contributed by atoms with E-state index in [9.17, 15) is 9.59 Å². The fourth-order valence-corrected chi connectivity index (χ4v) is 5.77. The van der Waals surface area contributed by atoms with Crippen LogP contribution in [0.1, 0.15) is 60.8 Å². The number of ether oxygens (including phenoxy) is 2. The van der Waals surface area contributed by atoms with Crippen LogP contribution in [0, 0.1) is 6.92 Å². The van der Waals surface area contributed by atoms with Crippen LogP contribution in [-0.4, -0.2) is 81.6 Å². The quantitative estimate of drug-likeness (QED) is 0.428. The first-order chi connectivity index (χ1) is 19.9. The van der Waals surface area contributed by atoms with Gasteiger partial charge in [-0.1, -0.05) is 48.4 Å². The topological polar surface area (TPSA) is 89.8 Å². The number of carbonyl (C=O) groups is 2. The summed E-state index contributed by atoms with van der Waals surface area (Å²) in [5, 5.41) is 9.10. The molecular weight excluding hydrogens is 542 g/mol. The largest absolute Gasteiger partial charge is 0.491 e. The number of benzene rings is 2. The smallest absolute Gasteiger partial charge is 0.276 e. The Morgan fingerprint density at radius 2 is 1.88 bits per heavy atom. The van der Waals surface area contributed by atoms with Crippen LogP contribution < -0.4 is 4.74 Å². The van der Waals surface area contributed by atoms with Crippen molar-refractivity contribution in [3.63, 3.8) is 0 Å². The molecule has 1 atom stereocenters. The third-order valence-corrected chi connectivity index (χ3v) is 8.22. The predicted molar refractivity (Wildman–Crippen MR) is 157 cm³/mol. The molecule has 2 aromatic carbocycles. The summed E-state index contributed by atoms with van der Waals surface area (Å²) in [6.07, 6.45) is 4.92. The molecular formula is C31H38ClN5O4. The van der Waals surface area contributed by atoms with Gasteiger partial charge in [0, 0.05) is 18.1 Å². The van der Waals surface area contributed by atoms with Gasteiger partial charge in [0.1, 0.15) is 12.4 Å². The molecule has 1 aromatic heterocycles. The molecule has 2 aliphatic rings. The first-order valence-corrected chi connectivity index (χ1v) is 14.9. The zero-order valence-electron chi connectivity index (χ0n) is 23.9. The summed E-state index contributed by atoms with van der Waals surface area (Å²) >= 11 is 6.04. The number of hydrogen-bond acceptors (Lipinski definition) is 6. The number of hydrogen-bond donors (Lipinski definition) is 0. The number of morpholine rings is 1. The summed E-state index contributed by atoms with van der Waals surface area (Å²) < 4.78 is 14.1. The molecule has 1 saturated heterocycles. The lowest BCUT2D eigenvalue weighted by Gasteiger charge is -2.44. The van der Waals surface area contributed by atoms with E-state index in [0.717, 1.165) is 43.5 Å². The summed E-state index contributed by atoms with van der Waals surface area (Å²) in [4.78, 5) is 31.6. The number of nitrogens with zero attached hydrogens (tertiary/aromatic N) is 5. The summed E-state index contributed by atoms with van der Waals surface area (Å²) in [6.45, 7) is 6.25. The maximum Gasteiger partial charge on any atom is 0.276 e. The number of para-hydroxylation sites is 1. The normalized spacial score (nSPS) is 20.2. The van der Waals surface area contributed by atoms with Crippen molar-refractivity contribution >= 4 is 23.4 Å².